The molecule has 0 saturated carbocycles. The zero-order chi connectivity index (χ0) is 25.6. The zero-order valence-corrected chi connectivity index (χ0v) is 21.5. The summed E-state index contributed by atoms with van der Waals surface area (Å²) < 4.78 is 11.0. The molecule has 0 saturated heterocycles. The molecule has 1 aliphatic rings. The highest BCUT2D eigenvalue weighted by Crippen LogP contribution is 2.40. The van der Waals surface area contributed by atoms with Crippen LogP contribution >= 0.6 is 11.3 Å². The third-order valence-electron chi connectivity index (χ3n) is 6.29. The minimum absolute atomic E-state index is 0.0859. The van der Waals surface area contributed by atoms with Crippen LogP contribution in [0.25, 0.3) is 11.3 Å². The van der Waals surface area contributed by atoms with Gasteiger partial charge in [0.1, 0.15) is 16.5 Å². The molecule has 0 spiro atoms. The van der Waals surface area contributed by atoms with Gasteiger partial charge < -0.3 is 14.5 Å². The molecule has 0 unspecified atom stereocenters. The Balaban J connectivity index is 1.34. The standard InChI is InChI=1S/C30H28N2O4S/c1-2-35-30(34)22-14-12-21(13-15-22)25-17-16-23(36-25)19-32-29-27(24-10-6-7-11-26(24)37-29)28(33)31-18-20-8-4-3-5-9-20/h3-5,8-9,12-17,19H,2,6-7,10-11,18H2,1H3,(H,31,33)/b32-19-. The van der Waals surface area contributed by atoms with Gasteiger partial charge in [0.2, 0.25) is 0 Å². The number of aliphatic imine (C=N–C) groups is 1. The Morgan fingerprint density at radius 2 is 1.81 bits per heavy atom. The second-order valence-corrected chi connectivity index (χ2v) is 9.90. The van der Waals surface area contributed by atoms with Gasteiger partial charge >= 0.3 is 5.97 Å². The van der Waals surface area contributed by atoms with Gasteiger partial charge in [0.15, 0.2) is 0 Å². The first-order valence-corrected chi connectivity index (χ1v) is 13.3. The van der Waals surface area contributed by atoms with Gasteiger partial charge in [-0.25, -0.2) is 9.79 Å². The molecular weight excluding hydrogens is 484 g/mol. The van der Waals surface area contributed by atoms with E-state index in [2.05, 4.69) is 5.32 Å². The number of nitrogens with zero attached hydrogens (tertiary/aromatic N) is 1. The molecule has 6 nitrogen and oxygen atoms in total. The van der Waals surface area contributed by atoms with Gasteiger partial charge in [0.05, 0.1) is 23.9 Å². The number of carbonyl (C=O) groups excluding carboxylic acids is 2. The second kappa shape index (κ2) is 11.4. The van der Waals surface area contributed by atoms with Crippen molar-refractivity contribution in [2.45, 2.75) is 39.2 Å². The van der Waals surface area contributed by atoms with Crippen LogP contribution < -0.4 is 5.32 Å². The summed E-state index contributed by atoms with van der Waals surface area (Å²) >= 11 is 1.60. The number of hydrogen-bond donors (Lipinski definition) is 1. The second-order valence-electron chi connectivity index (χ2n) is 8.82. The van der Waals surface area contributed by atoms with Gasteiger partial charge in [0.25, 0.3) is 5.91 Å². The van der Waals surface area contributed by atoms with Crippen LogP contribution in [0.2, 0.25) is 0 Å². The summed E-state index contributed by atoms with van der Waals surface area (Å²) in [6, 6.07) is 20.7. The predicted molar refractivity (Wildman–Crippen MR) is 146 cm³/mol. The first-order chi connectivity index (χ1) is 18.1. The largest absolute Gasteiger partial charge is 0.462 e. The molecular formula is C30H28N2O4S. The summed E-state index contributed by atoms with van der Waals surface area (Å²) in [6.07, 6.45) is 5.78. The summed E-state index contributed by atoms with van der Waals surface area (Å²) in [5.74, 6) is 0.829. The highest BCUT2D eigenvalue weighted by molar-refractivity contribution is 7.16. The van der Waals surface area contributed by atoms with Gasteiger partial charge in [-0.2, -0.15) is 0 Å². The molecule has 1 aliphatic carbocycles. The molecule has 5 rings (SSSR count). The summed E-state index contributed by atoms with van der Waals surface area (Å²) in [7, 11) is 0. The molecule has 0 atom stereocenters. The van der Waals surface area contributed by atoms with E-state index in [4.69, 9.17) is 14.1 Å². The molecule has 1 amide bonds. The van der Waals surface area contributed by atoms with Crippen LogP contribution in [0.1, 0.15) is 62.2 Å². The maximum Gasteiger partial charge on any atom is 0.338 e. The Labute approximate surface area is 220 Å². The third-order valence-corrected chi connectivity index (χ3v) is 7.49. The molecule has 1 N–H and O–H groups in total. The van der Waals surface area contributed by atoms with Crippen molar-refractivity contribution in [1.82, 2.24) is 5.32 Å². The van der Waals surface area contributed by atoms with Crippen molar-refractivity contribution in [3.05, 3.63) is 99.6 Å². The maximum absolute atomic E-state index is 13.3. The fraction of sp³-hybridized carbons (Fsp3) is 0.233. The van der Waals surface area contributed by atoms with Crippen molar-refractivity contribution in [2.24, 2.45) is 4.99 Å². The molecule has 2 aromatic carbocycles. The van der Waals surface area contributed by atoms with Crippen LogP contribution in [0.15, 0.2) is 76.1 Å². The Morgan fingerprint density at radius 3 is 2.59 bits per heavy atom. The van der Waals surface area contributed by atoms with Crippen LogP contribution in [0.5, 0.6) is 0 Å². The molecule has 0 fully saturated rings. The lowest BCUT2D eigenvalue weighted by molar-refractivity contribution is 0.0526. The predicted octanol–water partition coefficient (Wildman–Crippen LogP) is 6.74. The van der Waals surface area contributed by atoms with Gasteiger partial charge in [-0.3, -0.25) is 4.79 Å². The number of fused-ring (bicyclic) bond motifs is 1. The molecule has 0 radical (unpaired) electrons. The van der Waals surface area contributed by atoms with E-state index in [1.807, 2.05) is 54.6 Å². The Bertz CT molecular complexity index is 1420. The lowest BCUT2D eigenvalue weighted by atomic mass is 9.95. The number of aryl methyl sites for hydroxylation is 1. The normalized spacial score (nSPS) is 12.9. The van der Waals surface area contributed by atoms with Gasteiger partial charge in [-0.15, -0.1) is 11.3 Å². The summed E-state index contributed by atoms with van der Waals surface area (Å²) in [5, 5.41) is 3.79. The number of nitrogens with one attached hydrogen (secondary N) is 1. The number of benzene rings is 2. The highest BCUT2D eigenvalue weighted by Gasteiger charge is 2.25. The fourth-order valence-corrected chi connectivity index (χ4v) is 5.66. The van der Waals surface area contributed by atoms with E-state index < -0.39 is 0 Å². The minimum atomic E-state index is -0.344. The average molecular weight is 513 g/mol. The number of amides is 1. The lowest BCUT2D eigenvalue weighted by Gasteiger charge is -2.12. The van der Waals surface area contributed by atoms with Crippen LogP contribution in [-0.4, -0.2) is 24.7 Å². The van der Waals surface area contributed by atoms with Gasteiger partial charge in [-0.1, -0.05) is 42.5 Å². The van der Waals surface area contributed by atoms with E-state index in [9.17, 15) is 9.59 Å². The third kappa shape index (κ3) is 5.73. The topological polar surface area (TPSA) is 80.9 Å². The van der Waals surface area contributed by atoms with E-state index in [-0.39, 0.29) is 11.9 Å². The molecule has 7 heteroatoms. The minimum Gasteiger partial charge on any atom is -0.462 e. The molecule has 0 bridgehead atoms. The van der Waals surface area contributed by atoms with Crippen molar-refractivity contribution in [3.63, 3.8) is 0 Å². The number of carbonyl (C=O) groups is 2. The summed E-state index contributed by atoms with van der Waals surface area (Å²) in [4.78, 5) is 31.1. The van der Waals surface area contributed by atoms with Crippen molar-refractivity contribution in [1.29, 1.82) is 0 Å². The molecule has 4 aromatic rings. The Hall–Kier alpha value is -3.97. The first kappa shape index (κ1) is 24.7. The first-order valence-electron chi connectivity index (χ1n) is 12.5. The van der Waals surface area contributed by atoms with Crippen molar-refractivity contribution in [3.8, 4) is 11.3 Å². The van der Waals surface area contributed by atoms with E-state index >= 15 is 0 Å². The SMILES string of the molecule is CCOC(=O)c1ccc(-c2ccc(/C=N\c3sc4c(c3C(=O)NCc3ccccc3)CCCC4)o2)cc1. The van der Waals surface area contributed by atoms with Gasteiger partial charge in [-0.05, 0) is 68.0 Å². The van der Waals surface area contributed by atoms with E-state index in [1.165, 1.54) is 4.88 Å². The Kier molecular flexibility index (Phi) is 7.61. The fourth-order valence-electron chi connectivity index (χ4n) is 4.43. The van der Waals surface area contributed by atoms with Crippen molar-refractivity contribution < 1.29 is 18.7 Å². The molecule has 2 heterocycles. The molecule has 2 aromatic heterocycles. The zero-order valence-electron chi connectivity index (χ0n) is 20.7. The quantitative estimate of drug-likeness (QED) is 0.209. The smallest absolute Gasteiger partial charge is 0.338 e. The van der Waals surface area contributed by atoms with Gasteiger partial charge in [0, 0.05) is 17.0 Å². The van der Waals surface area contributed by atoms with E-state index in [0.717, 1.165) is 42.4 Å². The summed E-state index contributed by atoms with van der Waals surface area (Å²) in [6.45, 7) is 2.60. The Morgan fingerprint density at radius 1 is 1.03 bits per heavy atom. The average Bonchev–Trinajstić information content (AvgIpc) is 3.56. The lowest BCUT2D eigenvalue weighted by Crippen LogP contribution is -2.24. The van der Waals surface area contributed by atoms with E-state index in [0.29, 0.717) is 40.8 Å². The van der Waals surface area contributed by atoms with Crippen LogP contribution in [-0.2, 0) is 24.1 Å². The van der Waals surface area contributed by atoms with Crippen LogP contribution in [0.3, 0.4) is 0 Å². The number of esters is 1. The molecule has 37 heavy (non-hydrogen) atoms. The molecule has 188 valence electrons. The maximum atomic E-state index is 13.3. The monoisotopic (exact) mass is 512 g/mol. The van der Waals surface area contributed by atoms with Crippen LogP contribution in [0.4, 0.5) is 5.00 Å². The number of hydrogen-bond acceptors (Lipinski definition) is 6. The number of furan rings is 1. The van der Waals surface area contributed by atoms with Crippen LogP contribution in [0, 0.1) is 0 Å². The number of ether oxygens (including phenoxy) is 1. The summed E-state index contributed by atoms with van der Waals surface area (Å²) in [5.41, 5.74) is 4.23. The number of thiophene rings is 1. The van der Waals surface area contributed by atoms with E-state index in [1.54, 1.807) is 36.6 Å². The van der Waals surface area contributed by atoms with Crippen molar-refractivity contribution >= 4 is 34.4 Å². The molecule has 0 aliphatic heterocycles. The highest BCUT2D eigenvalue weighted by atomic mass is 32.1. The number of rotatable bonds is 8. The van der Waals surface area contributed by atoms with Crippen molar-refractivity contribution in [2.75, 3.05) is 6.61 Å².